The molecule has 0 aliphatic rings. The fraction of sp³-hybridized carbons (Fsp3) is 0.500. The molecule has 1 aromatic carbocycles. The Kier molecular flexibility index (Phi) is 4.46. The molecule has 0 saturated heterocycles. The third kappa shape index (κ3) is 3.16. The van der Waals surface area contributed by atoms with E-state index in [-0.39, 0.29) is 22.1 Å². The summed E-state index contributed by atoms with van der Waals surface area (Å²) in [4.78, 5) is 0. The van der Waals surface area contributed by atoms with Crippen molar-refractivity contribution in [1.29, 1.82) is 0 Å². The number of nitrogens with two attached hydrogens (primary N) is 2. The second kappa shape index (κ2) is 5.45. The fourth-order valence-corrected chi connectivity index (χ4v) is 1.49. The van der Waals surface area contributed by atoms with E-state index in [2.05, 4.69) is 26.1 Å². The van der Waals surface area contributed by atoms with Crippen LogP contribution in [0, 0.1) is 17.7 Å². The quantitative estimate of drug-likeness (QED) is 0.727. The number of hydrogen-bond donors (Lipinski definition) is 3. The second-order valence-corrected chi connectivity index (χ2v) is 5.04. The topological polar surface area (TPSA) is 64.1 Å². The number of anilines is 3. The molecule has 0 heterocycles. The summed E-state index contributed by atoms with van der Waals surface area (Å²) in [5.74, 6) is 0.335. The summed E-state index contributed by atoms with van der Waals surface area (Å²) >= 11 is 5.74. The van der Waals surface area contributed by atoms with Gasteiger partial charge >= 0.3 is 0 Å². The smallest absolute Gasteiger partial charge is 0.169 e. The number of benzene rings is 1. The van der Waals surface area contributed by atoms with Crippen LogP contribution in [-0.2, 0) is 0 Å². The zero-order chi connectivity index (χ0) is 13.2. The number of nitrogens with one attached hydrogen (secondary N) is 1. The fourth-order valence-electron chi connectivity index (χ4n) is 1.34. The molecular weight excluding hydrogens is 241 g/mol. The van der Waals surface area contributed by atoms with Gasteiger partial charge in [0.2, 0.25) is 0 Å². The van der Waals surface area contributed by atoms with E-state index in [0.29, 0.717) is 18.4 Å². The van der Waals surface area contributed by atoms with E-state index in [0.717, 1.165) is 0 Å². The molecule has 0 fully saturated rings. The second-order valence-electron chi connectivity index (χ2n) is 4.66. The van der Waals surface area contributed by atoms with Gasteiger partial charge in [-0.3, -0.25) is 0 Å². The van der Waals surface area contributed by atoms with Crippen molar-refractivity contribution in [2.45, 2.75) is 20.8 Å². The van der Waals surface area contributed by atoms with Gasteiger partial charge in [-0.1, -0.05) is 32.4 Å². The van der Waals surface area contributed by atoms with Crippen LogP contribution in [0.4, 0.5) is 21.5 Å². The Labute approximate surface area is 106 Å². The summed E-state index contributed by atoms with van der Waals surface area (Å²) in [6, 6.07) is 1.47. The summed E-state index contributed by atoms with van der Waals surface area (Å²) in [7, 11) is 0. The van der Waals surface area contributed by atoms with Crippen LogP contribution < -0.4 is 16.8 Å². The lowest BCUT2D eigenvalue weighted by molar-refractivity contribution is 0.439. The van der Waals surface area contributed by atoms with Gasteiger partial charge in [-0.2, -0.15) is 0 Å². The largest absolute Gasteiger partial charge is 0.397 e. The van der Waals surface area contributed by atoms with Crippen LogP contribution in [0.2, 0.25) is 5.02 Å². The zero-order valence-electron chi connectivity index (χ0n) is 10.3. The molecule has 0 spiro atoms. The van der Waals surface area contributed by atoms with Crippen LogP contribution in [0.5, 0.6) is 0 Å². The van der Waals surface area contributed by atoms with Crippen LogP contribution in [0.25, 0.3) is 0 Å². The molecule has 1 unspecified atom stereocenters. The van der Waals surface area contributed by atoms with Crippen LogP contribution in [0.1, 0.15) is 20.8 Å². The molecule has 1 atom stereocenters. The number of hydrogen-bond acceptors (Lipinski definition) is 3. The average Bonchev–Trinajstić information content (AvgIpc) is 2.25. The summed E-state index contributed by atoms with van der Waals surface area (Å²) in [6.07, 6.45) is 0. The number of halogens is 2. The van der Waals surface area contributed by atoms with Crippen molar-refractivity contribution in [1.82, 2.24) is 0 Å². The van der Waals surface area contributed by atoms with Gasteiger partial charge < -0.3 is 16.8 Å². The minimum absolute atomic E-state index is 0.0844. The van der Waals surface area contributed by atoms with Crippen molar-refractivity contribution in [2.24, 2.45) is 11.8 Å². The summed E-state index contributed by atoms with van der Waals surface area (Å²) in [5, 5.41) is 2.91. The Hall–Kier alpha value is -1.16. The average molecular weight is 260 g/mol. The first-order valence-electron chi connectivity index (χ1n) is 5.61. The lowest BCUT2D eigenvalue weighted by Crippen LogP contribution is -2.18. The molecule has 0 saturated carbocycles. The van der Waals surface area contributed by atoms with E-state index in [1.807, 2.05) is 0 Å². The van der Waals surface area contributed by atoms with Gasteiger partial charge in [-0.15, -0.1) is 0 Å². The minimum atomic E-state index is -0.583. The summed E-state index contributed by atoms with van der Waals surface area (Å²) < 4.78 is 13.8. The first-order chi connectivity index (χ1) is 7.84. The Morgan fingerprint density at radius 3 is 2.41 bits per heavy atom. The highest BCUT2D eigenvalue weighted by Gasteiger charge is 2.15. The molecule has 0 aliphatic carbocycles. The molecule has 0 aliphatic heterocycles. The van der Waals surface area contributed by atoms with Gasteiger partial charge in [0.15, 0.2) is 5.82 Å². The lowest BCUT2D eigenvalue weighted by atomic mass is 9.98. The van der Waals surface area contributed by atoms with Gasteiger partial charge in [-0.05, 0) is 17.9 Å². The summed E-state index contributed by atoms with van der Waals surface area (Å²) in [5.41, 5.74) is 11.9. The number of nitrogen functional groups attached to an aromatic ring is 2. The third-order valence-corrected chi connectivity index (χ3v) is 3.39. The van der Waals surface area contributed by atoms with Crippen LogP contribution >= 0.6 is 11.6 Å². The van der Waals surface area contributed by atoms with Crippen LogP contribution in [0.3, 0.4) is 0 Å². The number of rotatable bonds is 4. The Balaban J connectivity index is 2.88. The first-order valence-corrected chi connectivity index (χ1v) is 5.99. The predicted molar refractivity (Wildman–Crippen MR) is 72.7 cm³/mol. The van der Waals surface area contributed by atoms with Crippen molar-refractivity contribution < 1.29 is 4.39 Å². The molecule has 1 rings (SSSR count). The van der Waals surface area contributed by atoms with Crippen molar-refractivity contribution in [3.05, 3.63) is 16.9 Å². The van der Waals surface area contributed by atoms with E-state index >= 15 is 0 Å². The summed E-state index contributed by atoms with van der Waals surface area (Å²) in [6.45, 7) is 6.95. The van der Waals surface area contributed by atoms with Gasteiger partial charge in [0, 0.05) is 6.54 Å². The van der Waals surface area contributed by atoms with E-state index in [9.17, 15) is 4.39 Å². The molecule has 5 heteroatoms. The molecule has 0 amide bonds. The highest BCUT2D eigenvalue weighted by molar-refractivity contribution is 6.33. The van der Waals surface area contributed by atoms with Crippen molar-refractivity contribution in [3.8, 4) is 0 Å². The zero-order valence-corrected chi connectivity index (χ0v) is 11.1. The van der Waals surface area contributed by atoms with E-state index in [1.54, 1.807) is 0 Å². The molecule has 0 bridgehead atoms. The third-order valence-electron chi connectivity index (χ3n) is 3.00. The van der Waals surface area contributed by atoms with E-state index < -0.39 is 5.82 Å². The molecule has 0 aromatic heterocycles. The lowest BCUT2D eigenvalue weighted by Gasteiger charge is -2.19. The van der Waals surface area contributed by atoms with Crippen molar-refractivity contribution in [2.75, 3.05) is 23.3 Å². The molecular formula is C12H19ClFN3. The maximum atomic E-state index is 13.8. The Morgan fingerprint density at radius 1 is 1.29 bits per heavy atom. The highest BCUT2D eigenvalue weighted by atomic mass is 35.5. The molecule has 17 heavy (non-hydrogen) atoms. The maximum absolute atomic E-state index is 13.8. The van der Waals surface area contributed by atoms with E-state index in [4.69, 9.17) is 23.1 Å². The monoisotopic (exact) mass is 259 g/mol. The van der Waals surface area contributed by atoms with Gasteiger partial charge in [0.1, 0.15) is 5.02 Å². The highest BCUT2D eigenvalue weighted by Crippen LogP contribution is 2.33. The molecule has 3 nitrogen and oxygen atoms in total. The normalized spacial score (nSPS) is 12.8. The molecule has 5 N–H and O–H groups in total. The van der Waals surface area contributed by atoms with Gasteiger partial charge in [0.05, 0.1) is 17.1 Å². The Bertz CT molecular complexity index is 407. The Morgan fingerprint density at radius 2 is 1.88 bits per heavy atom. The van der Waals surface area contributed by atoms with Crippen molar-refractivity contribution in [3.63, 3.8) is 0 Å². The standard InChI is InChI=1S/C12H19ClFN3/c1-6(2)7(3)5-17-12-9(16)4-8(15)10(13)11(12)14/h4,6-7,17H,5,15-16H2,1-3H3. The van der Waals surface area contributed by atoms with E-state index in [1.165, 1.54) is 6.07 Å². The maximum Gasteiger partial charge on any atom is 0.169 e. The molecule has 0 radical (unpaired) electrons. The first kappa shape index (κ1) is 13.9. The van der Waals surface area contributed by atoms with Crippen molar-refractivity contribution >= 4 is 28.7 Å². The predicted octanol–water partition coefficient (Wildman–Crippen LogP) is 3.35. The van der Waals surface area contributed by atoms with Crippen LogP contribution in [-0.4, -0.2) is 6.54 Å². The van der Waals surface area contributed by atoms with Gasteiger partial charge in [-0.25, -0.2) is 4.39 Å². The van der Waals surface area contributed by atoms with Crippen LogP contribution in [0.15, 0.2) is 6.07 Å². The van der Waals surface area contributed by atoms with Gasteiger partial charge in [0.25, 0.3) is 0 Å². The minimum Gasteiger partial charge on any atom is -0.397 e. The molecule has 96 valence electrons. The SMILES string of the molecule is CC(C)C(C)CNc1c(N)cc(N)c(Cl)c1F. The molecule has 1 aromatic rings.